The van der Waals surface area contributed by atoms with Gasteiger partial charge in [0.2, 0.25) is 0 Å². The number of benzene rings is 1. The first-order valence-electron chi connectivity index (χ1n) is 9.15. The van der Waals surface area contributed by atoms with Crippen LogP contribution >= 0.6 is 0 Å². The minimum atomic E-state index is -0.571. The first kappa shape index (κ1) is 20.2. The van der Waals surface area contributed by atoms with Gasteiger partial charge in [0.15, 0.2) is 0 Å². The number of halogens is 1. The molecule has 0 saturated heterocycles. The van der Waals surface area contributed by atoms with Gasteiger partial charge in [0.25, 0.3) is 5.91 Å². The van der Waals surface area contributed by atoms with Gasteiger partial charge in [-0.1, -0.05) is 12.1 Å². The summed E-state index contributed by atoms with van der Waals surface area (Å²) in [5.41, 5.74) is 0.173. The van der Waals surface area contributed by atoms with E-state index in [1.165, 1.54) is 11.0 Å². The van der Waals surface area contributed by atoms with E-state index < -0.39 is 17.5 Å². The van der Waals surface area contributed by atoms with Crippen molar-refractivity contribution in [1.82, 2.24) is 9.80 Å². The van der Waals surface area contributed by atoms with E-state index in [2.05, 4.69) is 0 Å². The number of nitrogens with zero attached hydrogens (tertiary/aromatic N) is 2. The Morgan fingerprint density at radius 2 is 1.88 bits per heavy atom. The van der Waals surface area contributed by atoms with Crippen molar-refractivity contribution in [2.45, 2.75) is 52.1 Å². The molecule has 144 valence electrons. The average molecular weight is 364 g/mol. The smallest absolute Gasteiger partial charge is 0.410 e. The van der Waals surface area contributed by atoms with Crippen LogP contribution < -0.4 is 0 Å². The van der Waals surface area contributed by atoms with E-state index in [-0.39, 0.29) is 17.4 Å². The number of carbonyl (C=O) groups excluding carboxylic acids is 2. The van der Waals surface area contributed by atoms with Crippen LogP contribution in [-0.4, -0.2) is 54.1 Å². The Labute approximate surface area is 155 Å². The van der Waals surface area contributed by atoms with Crippen molar-refractivity contribution in [1.29, 1.82) is 0 Å². The van der Waals surface area contributed by atoms with E-state index in [0.717, 1.165) is 12.8 Å². The molecular weight excluding hydrogens is 335 g/mol. The van der Waals surface area contributed by atoms with E-state index in [1.807, 2.05) is 6.92 Å². The van der Waals surface area contributed by atoms with Crippen molar-refractivity contribution < 1.29 is 18.7 Å². The fourth-order valence-corrected chi connectivity index (χ4v) is 2.70. The Morgan fingerprint density at radius 1 is 1.23 bits per heavy atom. The largest absolute Gasteiger partial charge is 0.444 e. The molecule has 1 aliphatic rings. The number of hydrogen-bond acceptors (Lipinski definition) is 3. The predicted octanol–water partition coefficient (Wildman–Crippen LogP) is 4.03. The second-order valence-corrected chi connectivity index (χ2v) is 7.77. The average Bonchev–Trinajstić information content (AvgIpc) is 3.38. The zero-order chi connectivity index (χ0) is 19.5. The minimum Gasteiger partial charge on any atom is -0.444 e. The molecule has 0 atom stereocenters. The van der Waals surface area contributed by atoms with Gasteiger partial charge in [-0.3, -0.25) is 4.79 Å². The summed E-state index contributed by atoms with van der Waals surface area (Å²) in [7, 11) is 1.63. The Morgan fingerprint density at radius 3 is 2.42 bits per heavy atom. The van der Waals surface area contributed by atoms with Crippen LogP contribution in [0.2, 0.25) is 0 Å². The number of carbonyl (C=O) groups is 2. The monoisotopic (exact) mass is 364 g/mol. The molecule has 0 radical (unpaired) electrons. The van der Waals surface area contributed by atoms with Crippen LogP contribution in [0.1, 0.15) is 62.4 Å². The third-order valence-electron chi connectivity index (χ3n) is 4.36. The van der Waals surface area contributed by atoms with Crippen LogP contribution in [-0.2, 0) is 4.74 Å². The van der Waals surface area contributed by atoms with Gasteiger partial charge < -0.3 is 14.5 Å². The molecule has 1 fully saturated rings. The molecule has 0 aliphatic heterocycles. The summed E-state index contributed by atoms with van der Waals surface area (Å²) in [5.74, 6) is -0.500. The molecule has 0 spiro atoms. The quantitative estimate of drug-likeness (QED) is 0.766. The van der Waals surface area contributed by atoms with Crippen LogP contribution in [0.3, 0.4) is 0 Å². The molecule has 0 aromatic heterocycles. The Bertz CT molecular complexity index is 666. The standard InChI is InChI=1S/C20H29FN2O3/c1-6-23(13-12-22(5)19(25)26-20(2,3)4)18(24)16-9-7-8-15(17(16)21)14-10-11-14/h7-9,14H,6,10-13H2,1-5H3. The van der Waals surface area contributed by atoms with Gasteiger partial charge >= 0.3 is 6.09 Å². The molecule has 0 N–H and O–H groups in total. The lowest BCUT2D eigenvalue weighted by atomic mass is 10.0. The first-order chi connectivity index (χ1) is 12.1. The summed E-state index contributed by atoms with van der Waals surface area (Å²) in [5, 5.41) is 0. The highest BCUT2D eigenvalue weighted by Crippen LogP contribution is 2.41. The Balaban J connectivity index is 2.01. The third kappa shape index (κ3) is 5.19. The van der Waals surface area contributed by atoms with Gasteiger partial charge in [-0.2, -0.15) is 0 Å². The summed E-state index contributed by atoms with van der Waals surface area (Å²) >= 11 is 0. The molecule has 1 saturated carbocycles. The molecule has 6 heteroatoms. The maximum Gasteiger partial charge on any atom is 0.410 e. The number of rotatable bonds is 6. The molecule has 1 aromatic rings. The van der Waals surface area contributed by atoms with Gasteiger partial charge in [-0.15, -0.1) is 0 Å². The van der Waals surface area contributed by atoms with Gasteiger partial charge in [0, 0.05) is 26.7 Å². The van der Waals surface area contributed by atoms with Crippen molar-refractivity contribution in [3.8, 4) is 0 Å². The summed E-state index contributed by atoms with van der Waals surface area (Å²) in [6, 6.07) is 5.03. The molecule has 2 amide bonds. The maximum absolute atomic E-state index is 14.7. The van der Waals surface area contributed by atoms with Gasteiger partial charge in [-0.05, 0) is 58.1 Å². The lowest BCUT2D eigenvalue weighted by molar-refractivity contribution is 0.0278. The van der Waals surface area contributed by atoms with E-state index >= 15 is 0 Å². The second kappa shape index (κ2) is 8.06. The lowest BCUT2D eigenvalue weighted by Gasteiger charge is -2.27. The van der Waals surface area contributed by atoms with Crippen molar-refractivity contribution in [2.24, 2.45) is 0 Å². The molecule has 1 aliphatic carbocycles. The SMILES string of the molecule is CCN(CCN(C)C(=O)OC(C)(C)C)C(=O)c1cccc(C2CC2)c1F. The van der Waals surface area contributed by atoms with Crippen molar-refractivity contribution >= 4 is 12.0 Å². The molecule has 26 heavy (non-hydrogen) atoms. The lowest BCUT2D eigenvalue weighted by Crippen LogP contribution is -2.41. The summed E-state index contributed by atoms with van der Waals surface area (Å²) in [6.07, 6.45) is 1.52. The highest BCUT2D eigenvalue weighted by Gasteiger charge is 2.29. The highest BCUT2D eigenvalue weighted by molar-refractivity contribution is 5.94. The van der Waals surface area contributed by atoms with E-state index in [1.54, 1.807) is 44.9 Å². The summed E-state index contributed by atoms with van der Waals surface area (Å²) < 4.78 is 20.0. The number of ether oxygens (including phenoxy) is 1. The molecule has 0 bridgehead atoms. The van der Waals surface area contributed by atoms with E-state index in [0.29, 0.717) is 25.2 Å². The molecular formula is C20H29FN2O3. The maximum atomic E-state index is 14.7. The Hall–Kier alpha value is -2.11. The van der Waals surface area contributed by atoms with E-state index in [9.17, 15) is 14.0 Å². The zero-order valence-corrected chi connectivity index (χ0v) is 16.3. The van der Waals surface area contributed by atoms with Crippen LogP contribution in [0, 0.1) is 5.82 Å². The zero-order valence-electron chi connectivity index (χ0n) is 16.3. The van der Waals surface area contributed by atoms with Crippen LogP contribution in [0.15, 0.2) is 18.2 Å². The predicted molar refractivity (Wildman–Crippen MR) is 98.8 cm³/mol. The van der Waals surface area contributed by atoms with Crippen LogP contribution in [0.4, 0.5) is 9.18 Å². The number of likely N-dealkylation sites (N-methyl/N-ethyl adjacent to an activating group) is 2. The second-order valence-electron chi connectivity index (χ2n) is 7.77. The molecule has 5 nitrogen and oxygen atoms in total. The van der Waals surface area contributed by atoms with Gasteiger partial charge in [0.1, 0.15) is 11.4 Å². The topological polar surface area (TPSA) is 49.9 Å². The van der Waals surface area contributed by atoms with Crippen LogP contribution in [0.5, 0.6) is 0 Å². The molecule has 1 aromatic carbocycles. The number of amides is 2. The highest BCUT2D eigenvalue weighted by atomic mass is 19.1. The summed E-state index contributed by atoms with van der Waals surface area (Å²) in [6.45, 7) is 8.32. The van der Waals surface area contributed by atoms with Crippen molar-refractivity contribution in [3.63, 3.8) is 0 Å². The molecule has 0 unspecified atom stereocenters. The molecule has 0 heterocycles. The Kier molecular flexibility index (Phi) is 6.26. The van der Waals surface area contributed by atoms with Crippen molar-refractivity contribution in [2.75, 3.05) is 26.7 Å². The van der Waals surface area contributed by atoms with Crippen LogP contribution in [0.25, 0.3) is 0 Å². The minimum absolute atomic E-state index is 0.108. The fraction of sp³-hybridized carbons (Fsp3) is 0.600. The third-order valence-corrected chi connectivity index (χ3v) is 4.36. The van der Waals surface area contributed by atoms with Crippen molar-refractivity contribution in [3.05, 3.63) is 35.1 Å². The summed E-state index contributed by atoms with van der Waals surface area (Å²) in [4.78, 5) is 27.8. The molecule has 2 rings (SSSR count). The fourth-order valence-electron chi connectivity index (χ4n) is 2.70. The normalized spacial score (nSPS) is 14.1. The first-order valence-corrected chi connectivity index (χ1v) is 9.15. The number of hydrogen-bond donors (Lipinski definition) is 0. The van der Waals surface area contributed by atoms with Gasteiger partial charge in [0.05, 0.1) is 5.56 Å². The van der Waals surface area contributed by atoms with E-state index in [4.69, 9.17) is 4.74 Å². The van der Waals surface area contributed by atoms with Gasteiger partial charge in [-0.25, -0.2) is 9.18 Å².